The predicted octanol–water partition coefficient (Wildman–Crippen LogP) is 3.34. The first-order chi connectivity index (χ1) is 7.77. The topological polar surface area (TPSA) is 32.9 Å². The van der Waals surface area contributed by atoms with Crippen LogP contribution in [0, 0.1) is 0 Å². The van der Waals surface area contributed by atoms with Crippen molar-refractivity contribution in [1.29, 1.82) is 0 Å². The van der Waals surface area contributed by atoms with Crippen molar-refractivity contribution in [3.8, 4) is 0 Å². The van der Waals surface area contributed by atoms with Crippen molar-refractivity contribution in [3.05, 3.63) is 29.8 Å². The summed E-state index contributed by atoms with van der Waals surface area (Å²) in [6, 6.07) is 8.24. The maximum atomic E-state index is 11.7. The number of H-pyrrole nitrogens is 1. The van der Waals surface area contributed by atoms with Crippen LogP contribution in [-0.2, 0) is 4.79 Å². The van der Waals surface area contributed by atoms with Crippen LogP contribution in [-0.4, -0.2) is 16.5 Å². The van der Waals surface area contributed by atoms with Crippen molar-refractivity contribution in [2.45, 2.75) is 24.3 Å². The minimum atomic E-state index is 0.0902. The second kappa shape index (κ2) is 3.67. The molecule has 0 radical (unpaired) electrons. The molecule has 0 spiro atoms. The van der Waals surface area contributed by atoms with E-state index in [1.165, 1.54) is 16.0 Å². The zero-order valence-electron chi connectivity index (χ0n) is 9.12. The summed E-state index contributed by atoms with van der Waals surface area (Å²) < 4.78 is 0. The highest BCUT2D eigenvalue weighted by atomic mass is 32.2. The maximum Gasteiger partial charge on any atom is 0.137 e. The van der Waals surface area contributed by atoms with E-state index in [0.717, 1.165) is 17.7 Å². The molecule has 1 aliphatic rings. The number of fused-ring (bicyclic) bond motifs is 3. The second-order valence-corrected chi connectivity index (χ2v) is 5.32. The Kier molecular flexibility index (Phi) is 2.28. The summed E-state index contributed by atoms with van der Waals surface area (Å²) in [4.78, 5) is 15.1. The number of rotatable bonds is 1. The minimum absolute atomic E-state index is 0.0902. The zero-order valence-corrected chi connectivity index (χ0v) is 9.93. The molecule has 3 rings (SSSR count). The van der Waals surface area contributed by atoms with E-state index in [0.29, 0.717) is 0 Å². The van der Waals surface area contributed by atoms with E-state index in [9.17, 15) is 4.79 Å². The summed E-state index contributed by atoms with van der Waals surface area (Å²) in [6.07, 6.45) is 0.967. The molecule has 0 bridgehead atoms. The van der Waals surface area contributed by atoms with E-state index < -0.39 is 0 Å². The fraction of sp³-hybridized carbons (Fsp3) is 0.308. The number of aromatic amines is 1. The summed E-state index contributed by atoms with van der Waals surface area (Å²) in [5.74, 6) is 1.41. The molecule has 1 unspecified atom stereocenters. The van der Waals surface area contributed by atoms with E-state index in [1.54, 1.807) is 6.92 Å². The highest BCUT2D eigenvalue weighted by Gasteiger charge is 2.27. The van der Waals surface area contributed by atoms with E-state index in [2.05, 4.69) is 17.1 Å². The van der Waals surface area contributed by atoms with Crippen LogP contribution in [0.2, 0.25) is 0 Å². The average Bonchev–Trinajstić information content (AvgIpc) is 2.66. The summed E-state index contributed by atoms with van der Waals surface area (Å²) in [6.45, 7) is 1.70. The minimum Gasteiger partial charge on any atom is -0.349 e. The van der Waals surface area contributed by atoms with Crippen molar-refractivity contribution < 1.29 is 4.79 Å². The third kappa shape index (κ3) is 1.39. The first-order valence-corrected chi connectivity index (χ1v) is 6.50. The third-order valence-electron chi connectivity index (χ3n) is 3.20. The molecule has 3 heteroatoms. The molecule has 1 atom stereocenters. The van der Waals surface area contributed by atoms with Crippen LogP contribution < -0.4 is 0 Å². The molecule has 0 saturated carbocycles. The van der Waals surface area contributed by atoms with Crippen molar-refractivity contribution in [2.24, 2.45) is 0 Å². The SMILES string of the molecule is CC(=O)C1CCSc2[nH]c3ccccc3c21. The van der Waals surface area contributed by atoms with Gasteiger partial charge in [0.1, 0.15) is 5.78 Å². The Morgan fingerprint density at radius 1 is 1.44 bits per heavy atom. The van der Waals surface area contributed by atoms with E-state index in [4.69, 9.17) is 0 Å². The number of carbonyl (C=O) groups excluding carboxylic acids is 1. The number of nitrogens with one attached hydrogen (secondary N) is 1. The van der Waals surface area contributed by atoms with Crippen LogP contribution in [0.3, 0.4) is 0 Å². The van der Waals surface area contributed by atoms with Gasteiger partial charge in [0, 0.05) is 28.1 Å². The van der Waals surface area contributed by atoms with Gasteiger partial charge in [0.25, 0.3) is 0 Å². The van der Waals surface area contributed by atoms with Gasteiger partial charge in [-0.3, -0.25) is 4.79 Å². The number of Topliss-reactive ketones (excluding diaryl/α,β-unsaturated/α-hetero) is 1. The number of carbonyl (C=O) groups is 1. The molecule has 2 heterocycles. The van der Waals surface area contributed by atoms with Crippen LogP contribution in [0.1, 0.15) is 24.8 Å². The van der Waals surface area contributed by atoms with Crippen LogP contribution in [0.15, 0.2) is 29.3 Å². The molecule has 1 N–H and O–H groups in total. The molecule has 0 saturated heterocycles. The fourth-order valence-corrected chi connectivity index (χ4v) is 3.58. The summed E-state index contributed by atoms with van der Waals surface area (Å²) in [5, 5.41) is 2.40. The Labute approximate surface area is 98.4 Å². The number of hydrogen-bond acceptors (Lipinski definition) is 2. The Morgan fingerprint density at radius 2 is 2.25 bits per heavy atom. The average molecular weight is 231 g/mol. The monoisotopic (exact) mass is 231 g/mol. The van der Waals surface area contributed by atoms with Gasteiger partial charge in [-0.25, -0.2) is 0 Å². The van der Waals surface area contributed by atoms with Crippen molar-refractivity contribution in [3.63, 3.8) is 0 Å². The van der Waals surface area contributed by atoms with Crippen molar-refractivity contribution in [2.75, 3.05) is 5.75 Å². The number of para-hydroxylation sites is 1. The van der Waals surface area contributed by atoms with Gasteiger partial charge in [0.05, 0.1) is 5.03 Å². The predicted molar refractivity (Wildman–Crippen MR) is 67.1 cm³/mol. The highest BCUT2D eigenvalue weighted by Crippen LogP contribution is 2.41. The standard InChI is InChI=1S/C13H13NOS/c1-8(15)9-6-7-16-13-12(9)10-4-2-3-5-11(10)14-13/h2-5,9,14H,6-7H2,1H3. The Balaban J connectivity index is 2.28. The smallest absolute Gasteiger partial charge is 0.137 e. The van der Waals surface area contributed by atoms with Gasteiger partial charge in [-0.1, -0.05) is 18.2 Å². The lowest BCUT2D eigenvalue weighted by Gasteiger charge is -2.19. The van der Waals surface area contributed by atoms with E-state index in [-0.39, 0.29) is 11.7 Å². The third-order valence-corrected chi connectivity index (χ3v) is 4.25. The second-order valence-electron chi connectivity index (χ2n) is 4.21. The van der Waals surface area contributed by atoms with E-state index in [1.807, 2.05) is 23.9 Å². The molecular formula is C13H13NOS. The fourth-order valence-electron chi connectivity index (χ4n) is 2.43. The van der Waals surface area contributed by atoms with Crippen molar-refractivity contribution in [1.82, 2.24) is 4.98 Å². The highest BCUT2D eigenvalue weighted by molar-refractivity contribution is 7.99. The van der Waals surface area contributed by atoms with Crippen LogP contribution in [0.4, 0.5) is 0 Å². The summed E-state index contributed by atoms with van der Waals surface area (Å²) >= 11 is 1.83. The molecule has 1 aromatic heterocycles. The van der Waals surface area contributed by atoms with Crippen LogP contribution in [0.5, 0.6) is 0 Å². The summed E-state index contributed by atoms with van der Waals surface area (Å²) in [7, 11) is 0. The Morgan fingerprint density at radius 3 is 3.06 bits per heavy atom. The van der Waals surface area contributed by atoms with Crippen LogP contribution >= 0.6 is 11.8 Å². The first kappa shape index (κ1) is 9.97. The summed E-state index contributed by atoms with van der Waals surface area (Å²) in [5.41, 5.74) is 2.37. The van der Waals surface area contributed by atoms with Gasteiger partial charge in [0.15, 0.2) is 0 Å². The normalized spacial score (nSPS) is 19.7. The van der Waals surface area contributed by atoms with Gasteiger partial charge in [-0.2, -0.15) is 0 Å². The first-order valence-electron chi connectivity index (χ1n) is 5.51. The molecule has 2 nitrogen and oxygen atoms in total. The Bertz CT molecular complexity index is 558. The lowest BCUT2D eigenvalue weighted by molar-refractivity contribution is -0.118. The van der Waals surface area contributed by atoms with Crippen LogP contribution in [0.25, 0.3) is 10.9 Å². The number of ketones is 1. The van der Waals surface area contributed by atoms with Gasteiger partial charge in [-0.15, -0.1) is 11.8 Å². The molecule has 0 fully saturated rings. The van der Waals surface area contributed by atoms with Gasteiger partial charge in [-0.05, 0) is 19.4 Å². The molecule has 0 amide bonds. The number of benzene rings is 1. The number of thioether (sulfide) groups is 1. The lowest BCUT2D eigenvalue weighted by atomic mass is 9.92. The molecule has 2 aromatic rings. The van der Waals surface area contributed by atoms with E-state index >= 15 is 0 Å². The number of hydrogen-bond donors (Lipinski definition) is 1. The molecule has 82 valence electrons. The molecular weight excluding hydrogens is 218 g/mol. The molecule has 0 aliphatic carbocycles. The van der Waals surface area contributed by atoms with Crippen molar-refractivity contribution >= 4 is 28.4 Å². The lowest BCUT2D eigenvalue weighted by Crippen LogP contribution is -2.13. The van der Waals surface area contributed by atoms with Gasteiger partial charge >= 0.3 is 0 Å². The van der Waals surface area contributed by atoms with Gasteiger partial charge < -0.3 is 4.98 Å². The quantitative estimate of drug-likeness (QED) is 0.816. The largest absolute Gasteiger partial charge is 0.349 e. The Hall–Kier alpha value is -1.22. The van der Waals surface area contributed by atoms with Gasteiger partial charge in [0.2, 0.25) is 0 Å². The molecule has 1 aromatic carbocycles. The maximum absolute atomic E-state index is 11.7. The molecule has 16 heavy (non-hydrogen) atoms. The zero-order chi connectivity index (χ0) is 11.1. The molecule has 1 aliphatic heterocycles. The number of aromatic nitrogens is 1.